The summed E-state index contributed by atoms with van der Waals surface area (Å²) in [7, 11) is 0. The number of pyridine rings is 1. The average molecular weight is 341 g/mol. The number of halogens is 5. The molecule has 0 aliphatic rings. The van der Waals surface area contributed by atoms with Crippen LogP contribution in [0.4, 0.5) is 13.2 Å². The Morgan fingerprint density at radius 3 is 2.19 bits per heavy atom. The van der Waals surface area contributed by atoms with Gasteiger partial charge in [0, 0.05) is 18.3 Å². The Balaban J connectivity index is 0.00000200. The standard InChI is InChI=1S/C13H11F3N2O.2ClH/c14-13(15,16)19-11-3-1-10(2-4-11)12-7-9(8-17)5-6-18-12;;/h1-7H,8,17H2;2*1H. The van der Waals surface area contributed by atoms with Crippen LogP contribution in [-0.2, 0) is 6.54 Å². The van der Waals surface area contributed by atoms with Crippen LogP contribution in [0.15, 0.2) is 42.6 Å². The number of hydrogen-bond donors (Lipinski definition) is 1. The van der Waals surface area contributed by atoms with Crippen molar-refractivity contribution in [2.45, 2.75) is 12.9 Å². The molecule has 8 heteroatoms. The van der Waals surface area contributed by atoms with Crippen molar-refractivity contribution in [1.82, 2.24) is 4.98 Å². The molecule has 0 unspecified atom stereocenters. The van der Waals surface area contributed by atoms with Gasteiger partial charge in [-0.05, 0) is 42.0 Å². The molecule has 116 valence electrons. The van der Waals surface area contributed by atoms with Crippen molar-refractivity contribution < 1.29 is 17.9 Å². The first kappa shape index (κ1) is 19.5. The minimum Gasteiger partial charge on any atom is -0.406 e. The van der Waals surface area contributed by atoms with E-state index in [1.165, 1.54) is 24.3 Å². The summed E-state index contributed by atoms with van der Waals surface area (Å²) >= 11 is 0. The lowest BCUT2D eigenvalue weighted by Gasteiger charge is -2.09. The van der Waals surface area contributed by atoms with Crippen LogP contribution in [0.1, 0.15) is 5.56 Å². The van der Waals surface area contributed by atoms with E-state index in [0.29, 0.717) is 17.8 Å². The largest absolute Gasteiger partial charge is 0.573 e. The Labute approximate surface area is 132 Å². The van der Waals surface area contributed by atoms with Gasteiger partial charge >= 0.3 is 6.36 Å². The lowest BCUT2D eigenvalue weighted by Crippen LogP contribution is -2.16. The second-order valence-corrected chi connectivity index (χ2v) is 3.83. The molecule has 1 heterocycles. The third-order valence-corrected chi connectivity index (χ3v) is 2.44. The van der Waals surface area contributed by atoms with Crippen LogP contribution in [0, 0.1) is 0 Å². The van der Waals surface area contributed by atoms with Crippen molar-refractivity contribution in [3.63, 3.8) is 0 Å². The molecule has 0 radical (unpaired) electrons. The van der Waals surface area contributed by atoms with Crippen LogP contribution in [0.5, 0.6) is 5.75 Å². The van der Waals surface area contributed by atoms with Crippen LogP contribution in [0.2, 0.25) is 0 Å². The Morgan fingerprint density at radius 2 is 1.67 bits per heavy atom. The van der Waals surface area contributed by atoms with Gasteiger partial charge in [0.15, 0.2) is 0 Å². The van der Waals surface area contributed by atoms with Gasteiger partial charge in [0.25, 0.3) is 0 Å². The number of alkyl halides is 3. The predicted octanol–water partition coefficient (Wildman–Crippen LogP) is 3.95. The Kier molecular flexibility index (Phi) is 7.49. The van der Waals surface area contributed by atoms with Gasteiger partial charge in [-0.3, -0.25) is 4.98 Å². The summed E-state index contributed by atoms with van der Waals surface area (Å²) in [6, 6.07) is 9.11. The second kappa shape index (κ2) is 8.07. The van der Waals surface area contributed by atoms with E-state index in [0.717, 1.165) is 5.56 Å². The zero-order valence-electron chi connectivity index (χ0n) is 10.6. The number of nitrogens with zero attached hydrogens (tertiary/aromatic N) is 1. The van der Waals surface area contributed by atoms with E-state index >= 15 is 0 Å². The SMILES string of the molecule is Cl.Cl.NCc1ccnc(-c2ccc(OC(F)(F)F)cc2)c1. The van der Waals surface area contributed by atoms with Gasteiger partial charge in [-0.1, -0.05) is 0 Å². The predicted molar refractivity (Wildman–Crippen MR) is 78.7 cm³/mol. The smallest absolute Gasteiger partial charge is 0.406 e. The van der Waals surface area contributed by atoms with E-state index in [4.69, 9.17) is 5.73 Å². The van der Waals surface area contributed by atoms with Gasteiger partial charge in [-0.2, -0.15) is 0 Å². The van der Waals surface area contributed by atoms with Crippen molar-refractivity contribution in [2.24, 2.45) is 5.73 Å². The maximum atomic E-state index is 12.0. The molecule has 0 spiro atoms. The summed E-state index contributed by atoms with van der Waals surface area (Å²) < 4.78 is 39.8. The van der Waals surface area contributed by atoms with Gasteiger partial charge in [0.2, 0.25) is 0 Å². The summed E-state index contributed by atoms with van der Waals surface area (Å²) in [5.41, 5.74) is 7.77. The summed E-state index contributed by atoms with van der Waals surface area (Å²) in [6.07, 6.45) is -3.07. The highest BCUT2D eigenvalue weighted by Gasteiger charge is 2.30. The number of nitrogens with two attached hydrogens (primary N) is 1. The minimum absolute atomic E-state index is 0. The molecule has 1 aromatic carbocycles. The van der Waals surface area contributed by atoms with Gasteiger partial charge in [-0.25, -0.2) is 0 Å². The van der Waals surface area contributed by atoms with Crippen LogP contribution in [-0.4, -0.2) is 11.3 Å². The summed E-state index contributed by atoms with van der Waals surface area (Å²) in [6.45, 7) is 0.380. The van der Waals surface area contributed by atoms with Crippen molar-refractivity contribution in [3.8, 4) is 17.0 Å². The molecule has 2 N–H and O–H groups in total. The van der Waals surface area contributed by atoms with Crippen LogP contribution >= 0.6 is 24.8 Å². The minimum atomic E-state index is -4.68. The maximum absolute atomic E-state index is 12.0. The maximum Gasteiger partial charge on any atom is 0.573 e. The van der Waals surface area contributed by atoms with E-state index in [-0.39, 0.29) is 30.6 Å². The van der Waals surface area contributed by atoms with Crippen molar-refractivity contribution >= 4 is 24.8 Å². The molecular weight excluding hydrogens is 328 g/mol. The number of ether oxygens (including phenoxy) is 1. The molecule has 0 saturated heterocycles. The molecule has 0 fully saturated rings. The normalized spacial score (nSPS) is 10.3. The van der Waals surface area contributed by atoms with Gasteiger partial charge < -0.3 is 10.5 Å². The van der Waals surface area contributed by atoms with E-state index < -0.39 is 6.36 Å². The first-order valence-electron chi connectivity index (χ1n) is 5.49. The van der Waals surface area contributed by atoms with E-state index in [1.807, 2.05) is 0 Å². The monoisotopic (exact) mass is 340 g/mol. The van der Waals surface area contributed by atoms with Gasteiger partial charge in [0.05, 0.1) is 5.69 Å². The van der Waals surface area contributed by atoms with Crippen LogP contribution < -0.4 is 10.5 Å². The third-order valence-electron chi connectivity index (χ3n) is 2.44. The Bertz CT molecular complexity index is 562. The van der Waals surface area contributed by atoms with Crippen molar-refractivity contribution in [3.05, 3.63) is 48.2 Å². The highest BCUT2D eigenvalue weighted by Crippen LogP contribution is 2.25. The number of aromatic nitrogens is 1. The first-order valence-corrected chi connectivity index (χ1v) is 5.49. The molecule has 0 aliphatic heterocycles. The number of hydrogen-bond acceptors (Lipinski definition) is 3. The molecule has 0 aliphatic carbocycles. The lowest BCUT2D eigenvalue weighted by atomic mass is 10.1. The number of benzene rings is 1. The fourth-order valence-corrected chi connectivity index (χ4v) is 1.59. The Morgan fingerprint density at radius 1 is 1.05 bits per heavy atom. The molecule has 0 bridgehead atoms. The number of rotatable bonds is 3. The molecule has 0 atom stereocenters. The fraction of sp³-hybridized carbons (Fsp3) is 0.154. The molecule has 21 heavy (non-hydrogen) atoms. The van der Waals surface area contributed by atoms with Gasteiger partial charge in [-0.15, -0.1) is 38.0 Å². The molecule has 0 saturated carbocycles. The molecule has 1 aromatic heterocycles. The zero-order valence-corrected chi connectivity index (χ0v) is 12.3. The molecule has 2 rings (SSSR count). The molecule has 3 nitrogen and oxygen atoms in total. The highest BCUT2D eigenvalue weighted by molar-refractivity contribution is 5.85. The quantitative estimate of drug-likeness (QED) is 0.920. The van der Waals surface area contributed by atoms with E-state index in [1.54, 1.807) is 18.3 Å². The molecule has 0 amide bonds. The second-order valence-electron chi connectivity index (χ2n) is 3.83. The van der Waals surface area contributed by atoms with Crippen LogP contribution in [0.3, 0.4) is 0 Å². The van der Waals surface area contributed by atoms with Crippen LogP contribution in [0.25, 0.3) is 11.3 Å². The summed E-state index contributed by atoms with van der Waals surface area (Å²) in [4.78, 5) is 4.14. The molecule has 2 aromatic rings. The van der Waals surface area contributed by atoms with E-state index in [2.05, 4.69) is 9.72 Å². The summed E-state index contributed by atoms with van der Waals surface area (Å²) in [5, 5.41) is 0. The highest BCUT2D eigenvalue weighted by atomic mass is 35.5. The molecular formula is C13H13Cl2F3N2O. The first-order chi connectivity index (χ1) is 8.98. The van der Waals surface area contributed by atoms with Crippen molar-refractivity contribution in [2.75, 3.05) is 0 Å². The lowest BCUT2D eigenvalue weighted by molar-refractivity contribution is -0.274. The fourth-order valence-electron chi connectivity index (χ4n) is 1.59. The van der Waals surface area contributed by atoms with Crippen molar-refractivity contribution in [1.29, 1.82) is 0 Å². The Hall–Kier alpha value is -1.50. The summed E-state index contributed by atoms with van der Waals surface area (Å²) in [5.74, 6) is -0.258. The third kappa shape index (κ3) is 5.79. The van der Waals surface area contributed by atoms with Gasteiger partial charge in [0.1, 0.15) is 5.75 Å². The zero-order chi connectivity index (χ0) is 13.9. The topological polar surface area (TPSA) is 48.1 Å². The van der Waals surface area contributed by atoms with E-state index in [9.17, 15) is 13.2 Å². The average Bonchev–Trinajstić information content (AvgIpc) is 2.38.